The normalized spacial score (nSPS) is 20.7. The number of imidazole rings is 1. The number of likely N-dealkylation sites (tertiary alicyclic amines) is 1. The lowest BCUT2D eigenvalue weighted by Crippen LogP contribution is -2.42. The minimum atomic E-state index is -0.266. The fraction of sp³-hybridized carbons (Fsp3) is 0.320. The summed E-state index contributed by atoms with van der Waals surface area (Å²) in [5, 5.41) is 0. The van der Waals surface area contributed by atoms with Crippen LogP contribution in [0.1, 0.15) is 55.1 Å². The van der Waals surface area contributed by atoms with E-state index < -0.39 is 0 Å². The highest BCUT2D eigenvalue weighted by Gasteiger charge is 2.32. The van der Waals surface area contributed by atoms with Crippen molar-refractivity contribution >= 4 is 28.9 Å². The Bertz CT molecular complexity index is 1130. The number of aromatic nitrogens is 2. The van der Waals surface area contributed by atoms with Gasteiger partial charge in [-0.05, 0) is 42.2 Å². The Hall–Kier alpha value is -3.41. The fourth-order valence-electron chi connectivity index (χ4n) is 4.80. The van der Waals surface area contributed by atoms with Crippen molar-refractivity contribution in [2.45, 2.75) is 38.1 Å². The van der Waals surface area contributed by atoms with Crippen LogP contribution in [0.3, 0.4) is 0 Å². The molecule has 6 heteroatoms. The van der Waals surface area contributed by atoms with Crippen molar-refractivity contribution in [1.82, 2.24) is 19.8 Å². The topological polar surface area (TPSA) is 69.3 Å². The number of nitrogens with zero attached hydrogens (tertiary/aromatic N) is 3. The molecular formula is C25H26N4O2. The number of nitrogens with one attached hydrogen (secondary N) is 1. The molecule has 1 fully saturated rings. The van der Waals surface area contributed by atoms with Gasteiger partial charge < -0.3 is 14.8 Å². The van der Waals surface area contributed by atoms with Crippen LogP contribution in [-0.4, -0.2) is 44.7 Å². The van der Waals surface area contributed by atoms with Gasteiger partial charge in [0.1, 0.15) is 5.82 Å². The van der Waals surface area contributed by atoms with Crippen LogP contribution in [-0.2, 0) is 9.59 Å². The van der Waals surface area contributed by atoms with Crippen molar-refractivity contribution in [3.63, 3.8) is 0 Å². The Morgan fingerprint density at radius 1 is 1.13 bits per heavy atom. The number of amides is 2. The molecule has 0 radical (unpaired) electrons. The zero-order chi connectivity index (χ0) is 21.4. The Morgan fingerprint density at radius 3 is 2.77 bits per heavy atom. The average molecular weight is 415 g/mol. The number of hydrogen-bond donors (Lipinski definition) is 1. The zero-order valence-corrected chi connectivity index (χ0v) is 17.6. The molecule has 2 aliphatic rings. The number of carbonyl (C=O) groups is 2. The maximum Gasteiger partial charge on any atom is 0.225 e. The Balaban J connectivity index is 1.34. The van der Waals surface area contributed by atoms with Crippen LogP contribution in [0.5, 0.6) is 0 Å². The highest BCUT2D eigenvalue weighted by atomic mass is 16.2. The van der Waals surface area contributed by atoms with Gasteiger partial charge in [0.25, 0.3) is 0 Å². The van der Waals surface area contributed by atoms with Gasteiger partial charge in [0, 0.05) is 32.1 Å². The minimum absolute atomic E-state index is 0.0534. The van der Waals surface area contributed by atoms with Crippen molar-refractivity contribution in [3.05, 3.63) is 71.7 Å². The van der Waals surface area contributed by atoms with Gasteiger partial charge in [-0.3, -0.25) is 9.59 Å². The van der Waals surface area contributed by atoms with E-state index in [1.54, 1.807) is 18.0 Å². The molecule has 1 saturated heterocycles. The summed E-state index contributed by atoms with van der Waals surface area (Å²) in [6.07, 6.45) is 5.99. The lowest BCUT2D eigenvalue weighted by atomic mass is 9.92. The summed E-state index contributed by atoms with van der Waals surface area (Å²) in [5.41, 5.74) is 4.09. The maximum atomic E-state index is 13.3. The second-order valence-corrected chi connectivity index (χ2v) is 8.41. The molecule has 2 atom stereocenters. The smallest absolute Gasteiger partial charge is 0.225 e. The summed E-state index contributed by atoms with van der Waals surface area (Å²) >= 11 is 0. The third kappa shape index (κ3) is 3.74. The molecule has 3 heterocycles. The van der Waals surface area contributed by atoms with Crippen LogP contribution in [0.25, 0.3) is 17.1 Å². The van der Waals surface area contributed by atoms with Crippen LogP contribution < -0.4 is 0 Å². The summed E-state index contributed by atoms with van der Waals surface area (Å²) in [4.78, 5) is 37.4. The monoisotopic (exact) mass is 414 g/mol. The molecule has 2 amide bonds. The summed E-state index contributed by atoms with van der Waals surface area (Å²) in [6.45, 7) is 2.96. The Morgan fingerprint density at radius 2 is 1.94 bits per heavy atom. The largest absolute Gasteiger partial charge is 0.342 e. The molecule has 6 nitrogen and oxygen atoms in total. The van der Waals surface area contributed by atoms with E-state index >= 15 is 0 Å². The van der Waals surface area contributed by atoms with Gasteiger partial charge in [-0.2, -0.15) is 0 Å². The molecule has 0 bridgehead atoms. The van der Waals surface area contributed by atoms with Gasteiger partial charge in [0.2, 0.25) is 11.8 Å². The Kier molecular flexibility index (Phi) is 5.06. The number of hydrogen-bond acceptors (Lipinski definition) is 3. The van der Waals surface area contributed by atoms with Crippen LogP contribution in [0, 0.1) is 0 Å². The second kappa shape index (κ2) is 8.02. The number of aromatic amines is 1. The Labute approximate surface area is 181 Å². The summed E-state index contributed by atoms with van der Waals surface area (Å²) < 4.78 is 0. The SMILES string of the molecule is CC(=O)N1C=Cc2ccccc2[C@@H]1CC(=O)N1CCC[C@@H](c2nc3ccccc3[nH]2)C1. The second-order valence-electron chi connectivity index (χ2n) is 8.41. The van der Waals surface area contributed by atoms with E-state index in [1.165, 1.54) is 0 Å². The van der Waals surface area contributed by atoms with E-state index in [-0.39, 0.29) is 30.2 Å². The van der Waals surface area contributed by atoms with Gasteiger partial charge in [0.15, 0.2) is 0 Å². The van der Waals surface area contributed by atoms with E-state index in [9.17, 15) is 9.59 Å². The summed E-state index contributed by atoms with van der Waals surface area (Å²) in [6, 6.07) is 15.7. The van der Waals surface area contributed by atoms with Gasteiger partial charge in [-0.25, -0.2) is 4.98 Å². The third-order valence-corrected chi connectivity index (χ3v) is 6.41. The molecule has 31 heavy (non-hydrogen) atoms. The van der Waals surface area contributed by atoms with Gasteiger partial charge >= 0.3 is 0 Å². The van der Waals surface area contributed by atoms with E-state index in [4.69, 9.17) is 4.98 Å². The van der Waals surface area contributed by atoms with Crippen LogP contribution >= 0.6 is 0 Å². The first-order chi connectivity index (χ1) is 15.1. The van der Waals surface area contributed by atoms with E-state index in [0.29, 0.717) is 6.54 Å². The van der Waals surface area contributed by atoms with Gasteiger partial charge in [0.05, 0.1) is 23.5 Å². The first-order valence-corrected chi connectivity index (χ1v) is 10.9. The predicted molar refractivity (Wildman–Crippen MR) is 120 cm³/mol. The molecule has 2 aromatic carbocycles. The molecule has 0 spiro atoms. The summed E-state index contributed by atoms with van der Waals surface area (Å²) in [7, 11) is 0. The molecule has 2 aliphatic heterocycles. The standard InChI is InChI=1S/C25H26N4O2/c1-17(30)29-14-12-18-7-2-3-9-20(18)23(29)15-24(31)28-13-6-8-19(16-28)25-26-21-10-4-5-11-22(21)27-25/h2-5,7,9-12,14,19,23H,6,8,13,15-16H2,1H3,(H,26,27)/t19-,23+/m1/s1. The van der Waals surface area contributed by atoms with Crippen LogP contribution in [0.4, 0.5) is 0 Å². The molecule has 0 saturated carbocycles. The molecule has 158 valence electrons. The molecular weight excluding hydrogens is 388 g/mol. The highest BCUT2D eigenvalue weighted by Crippen LogP contribution is 2.34. The van der Waals surface area contributed by atoms with Crippen molar-refractivity contribution in [1.29, 1.82) is 0 Å². The number of piperidine rings is 1. The van der Waals surface area contributed by atoms with Crippen molar-refractivity contribution in [2.75, 3.05) is 13.1 Å². The minimum Gasteiger partial charge on any atom is -0.342 e. The maximum absolute atomic E-state index is 13.3. The number of benzene rings is 2. The van der Waals surface area contributed by atoms with E-state index in [1.807, 2.05) is 59.5 Å². The molecule has 0 aliphatic carbocycles. The number of rotatable bonds is 3. The first kappa shape index (κ1) is 19.5. The molecule has 1 aromatic heterocycles. The van der Waals surface area contributed by atoms with Crippen molar-refractivity contribution < 1.29 is 9.59 Å². The lowest BCUT2D eigenvalue weighted by Gasteiger charge is -2.36. The third-order valence-electron chi connectivity index (χ3n) is 6.41. The van der Waals surface area contributed by atoms with Gasteiger partial charge in [-0.1, -0.05) is 36.4 Å². The lowest BCUT2D eigenvalue weighted by molar-refractivity contribution is -0.135. The van der Waals surface area contributed by atoms with Gasteiger partial charge in [-0.15, -0.1) is 0 Å². The average Bonchev–Trinajstić information content (AvgIpc) is 3.23. The number of carbonyl (C=O) groups excluding carboxylic acids is 2. The van der Waals surface area contributed by atoms with E-state index in [0.717, 1.165) is 47.4 Å². The number of para-hydroxylation sites is 2. The highest BCUT2D eigenvalue weighted by molar-refractivity contribution is 5.82. The van der Waals surface area contributed by atoms with E-state index in [2.05, 4.69) is 4.98 Å². The fourth-order valence-corrected chi connectivity index (χ4v) is 4.80. The summed E-state index contributed by atoms with van der Waals surface area (Å²) in [5.74, 6) is 1.19. The molecule has 0 unspecified atom stereocenters. The molecule has 3 aromatic rings. The van der Waals surface area contributed by atoms with Crippen molar-refractivity contribution in [3.8, 4) is 0 Å². The molecule has 5 rings (SSSR count). The number of H-pyrrole nitrogens is 1. The van der Waals surface area contributed by atoms with Crippen LogP contribution in [0.2, 0.25) is 0 Å². The van der Waals surface area contributed by atoms with Crippen LogP contribution in [0.15, 0.2) is 54.7 Å². The van der Waals surface area contributed by atoms with Crippen molar-refractivity contribution in [2.24, 2.45) is 0 Å². The number of fused-ring (bicyclic) bond motifs is 2. The molecule has 1 N–H and O–H groups in total. The zero-order valence-electron chi connectivity index (χ0n) is 17.6. The predicted octanol–water partition coefficient (Wildman–Crippen LogP) is 4.23. The first-order valence-electron chi connectivity index (χ1n) is 10.9. The quantitative estimate of drug-likeness (QED) is 0.697.